The molecule has 0 aliphatic carbocycles. The summed E-state index contributed by atoms with van der Waals surface area (Å²) in [5, 5.41) is 13.4. The minimum absolute atomic E-state index is 0.122. The van der Waals surface area contributed by atoms with E-state index in [2.05, 4.69) is 5.32 Å². The lowest BCUT2D eigenvalue weighted by Crippen LogP contribution is -2.09. The van der Waals surface area contributed by atoms with Gasteiger partial charge < -0.3 is 10.1 Å². The molecule has 2 aromatic rings. The highest BCUT2D eigenvalue weighted by Gasteiger charge is 2.12. The normalized spacial score (nSPS) is 10.5. The maximum absolute atomic E-state index is 12.0. The van der Waals surface area contributed by atoms with Gasteiger partial charge in [0.2, 0.25) is 5.91 Å². The number of rotatable bonds is 5. The lowest BCUT2D eigenvalue weighted by Gasteiger charge is -2.08. The highest BCUT2D eigenvalue weighted by atomic mass is 16.6. The summed E-state index contributed by atoms with van der Waals surface area (Å²) in [7, 11) is 1.43. The van der Waals surface area contributed by atoms with Gasteiger partial charge in [-0.25, -0.2) is 0 Å². The largest absolute Gasteiger partial charge is 0.495 e. The highest BCUT2D eigenvalue weighted by molar-refractivity contribution is 6.03. The van der Waals surface area contributed by atoms with Crippen molar-refractivity contribution in [3.63, 3.8) is 0 Å². The van der Waals surface area contributed by atoms with E-state index in [1.807, 2.05) is 31.2 Å². The van der Waals surface area contributed by atoms with E-state index in [1.165, 1.54) is 31.4 Å². The summed E-state index contributed by atoms with van der Waals surface area (Å²) in [5.41, 5.74) is 2.15. The van der Waals surface area contributed by atoms with Crippen LogP contribution in [0.3, 0.4) is 0 Å². The van der Waals surface area contributed by atoms with E-state index < -0.39 is 10.8 Å². The number of carbonyl (C=O) groups is 1. The van der Waals surface area contributed by atoms with Crippen molar-refractivity contribution < 1.29 is 14.5 Å². The molecule has 0 aliphatic rings. The number of ether oxygens (including phenoxy) is 1. The quantitative estimate of drug-likeness (QED) is 0.520. The molecule has 118 valence electrons. The van der Waals surface area contributed by atoms with Crippen LogP contribution in [-0.4, -0.2) is 17.9 Å². The molecule has 0 saturated heterocycles. The number of nitro groups is 1. The van der Waals surface area contributed by atoms with Crippen LogP contribution in [0.15, 0.2) is 48.5 Å². The van der Waals surface area contributed by atoms with Crippen molar-refractivity contribution in [1.82, 2.24) is 0 Å². The standard InChI is InChI=1S/C17H16N2O4/c1-12-3-5-13(6-4-12)7-10-17(20)18-15-11-14(19(21)22)8-9-16(15)23-2/h3-11H,1-2H3,(H,18,20). The van der Waals surface area contributed by atoms with Crippen molar-refractivity contribution in [2.75, 3.05) is 12.4 Å². The number of amides is 1. The summed E-state index contributed by atoms with van der Waals surface area (Å²) in [6.07, 6.45) is 3.03. The fourth-order valence-electron chi connectivity index (χ4n) is 1.93. The van der Waals surface area contributed by atoms with E-state index in [-0.39, 0.29) is 11.4 Å². The number of benzene rings is 2. The van der Waals surface area contributed by atoms with Gasteiger partial charge in [-0.2, -0.15) is 0 Å². The second-order valence-electron chi connectivity index (χ2n) is 4.87. The summed E-state index contributed by atoms with van der Waals surface area (Å²) in [4.78, 5) is 22.3. The number of hydrogen-bond acceptors (Lipinski definition) is 4. The molecule has 0 bridgehead atoms. The molecular weight excluding hydrogens is 296 g/mol. The predicted molar refractivity (Wildman–Crippen MR) is 88.5 cm³/mol. The number of nitrogens with one attached hydrogen (secondary N) is 1. The Bertz CT molecular complexity index is 752. The summed E-state index contributed by atoms with van der Waals surface area (Å²) in [6, 6.07) is 11.7. The Morgan fingerprint density at radius 1 is 1.22 bits per heavy atom. The van der Waals surface area contributed by atoms with Crippen molar-refractivity contribution in [2.24, 2.45) is 0 Å². The molecule has 2 aromatic carbocycles. The van der Waals surface area contributed by atoms with Crippen LogP contribution in [0.4, 0.5) is 11.4 Å². The Labute approximate surface area is 133 Å². The zero-order valence-electron chi connectivity index (χ0n) is 12.8. The number of non-ortho nitro benzene ring substituents is 1. The van der Waals surface area contributed by atoms with Gasteiger partial charge in [0.1, 0.15) is 5.75 Å². The molecule has 0 heterocycles. The molecule has 1 N–H and O–H groups in total. The summed E-state index contributed by atoms with van der Waals surface area (Å²) >= 11 is 0. The zero-order chi connectivity index (χ0) is 16.8. The molecule has 0 unspecified atom stereocenters. The lowest BCUT2D eigenvalue weighted by molar-refractivity contribution is -0.384. The molecule has 0 radical (unpaired) electrons. The Balaban J connectivity index is 2.14. The number of aryl methyl sites for hydroxylation is 1. The Kier molecular flexibility index (Phi) is 5.09. The molecule has 1 amide bonds. The van der Waals surface area contributed by atoms with Gasteiger partial charge in [0, 0.05) is 18.2 Å². The minimum atomic E-state index is -0.531. The smallest absolute Gasteiger partial charge is 0.271 e. The van der Waals surface area contributed by atoms with E-state index in [1.54, 1.807) is 6.08 Å². The summed E-state index contributed by atoms with van der Waals surface area (Å²) in [6.45, 7) is 1.98. The first kappa shape index (κ1) is 16.2. The van der Waals surface area contributed by atoms with E-state index in [4.69, 9.17) is 4.74 Å². The van der Waals surface area contributed by atoms with Crippen LogP contribution in [0.1, 0.15) is 11.1 Å². The van der Waals surface area contributed by atoms with Gasteiger partial charge in [-0.15, -0.1) is 0 Å². The van der Waals surface area contributed by atoms with E-state index in [0.717, 1.165) is 11.1 Å². The van der Waals surface area contributed by atoms with Crippen molar-refractivity contribution >= 4 is 23.4 Å². The molecule has 2 rings (SSSR count). The zero-order valence-corrected chi connectivity index (χ0v) is 12.8. The van der Waals surface area contributed by atoms with Crippen molar-refractivity contribution in [2.45, 2.75) is 6.92 Å². The average Bonchev–Trinajstić information content (AvgIpc) is 2.54. The number of anilines is 1. The fraction of sp³-hybridized carbons (Fsp3) is 0.118. The van der Waals surface area contributed by atoms with Gasteiger partial charge >= 0.3 is 0 Å². The number of methoxy groups -OCH3 is 1. The first-order valence-electron chi connectivity index (χ1n) is 6.88. The second kappa shape index (κ2) is 7.22. The van der Waals surface area contributed by atoms with Gasteiger partial charge in [0.25, 0.3) is 5.69 Å². The number of carbonyl (C=O) groups excluding carboxylic acids is 1. The molecule has 6 heteroatoms. The maximum atomic E-state index is 12.0. The molecular formula is C17H16N2O4. The molecule has 6 nitrogen and oxygen atoms in total. The third kappa shape index (κ3) is 4.41. The highest BCUT2D eigenvalue weighted by Crippen LogP contribution is 2.28. The predicted octanol–water partition coefficient (Wildman–Crippen LogP) is 3.56. The van der Waals surface area contributed by atoms with Crippen molar-refractivity contribution in [3.8, 4) is 5.75 Å². The van der Waals surface area contributed by atoms with Crippen molar-refractivity contribution in [1.29, 1.82) is 0 Å². The Morgan fingerprint density at radius 3 is 2.52 bits per heavy atom. The Hall–Kier alpha value is -3.15. The van der Waals surface area contributed by atoms with Gasteiger partial charge in [-0.05, 0) is 24.6 Å². The molecule has 0 atom stereocenters. The molecule has 0 fully saturated rings. The summed E-state index contributed by atoms with van der Waals surface area (Å²) < 4.78 is 5.10. The molecule has 0 saturated carbocycles. The van der Waals surface area contributed by atoms with Crippen LogP contribution in [0.2, 0.25) is 0 Å². The Morgan fingerprint density at radius 2 is 1.91 bits per heavy atom. The van der Waals surface area contributed by atoms with Crippen LogP contribution < -0.4 is 10.1 Å². The van der Waals surface area contributed by atoms with Crippen LogP contribution in [0.25, 0.3) is 6.08 Å². The third-order valence-corrected chi connectivity index (χ3v) is 3.16. The molecule has 0 spiro atoms. The molecule has 0 aromatic heterocycles. The monoisotopic (exact) mass is 312 g/mol. The van der Waals surface area contributed by atoms with Crippen LogP contribution in [0.5, 0.6) is 5.75 Å². The fourth-order valence-corrected chi connectivity index (χ4v) is 1.93. The first-order chi connectivity index (χ1) is 11.0. The minimum Gasteiger partial charge on any atom is -0.495 e. The number of nitro benzene ring substituents is 1. The van der Waals surface area contributed by atoms with E-state index in [0.29, 0.717) is 5.75 Å². The third-order valence-electron chi connectivity index (χ3n) is 3.16. The van der Waals surface area contributed by atoms with Crippen LogP contribution in [0, 0.1) is 17.0 Å². The van der Waals surface area contributed by atoms with Gasteiger partial charge in [-0.3, -0.25) is 14.9 Å². The second-order valence-corrected chi connectivity index (χ2v) is 4.87. The van der Waals surface area contributed by atoms with E-state index in [9.17, 15) is 14.9 Å². The van der Waals surface area contributed by atoms with Gasteiger partial charge in [-0.1, -0.05) is 29.8 Å². The molecule has 23 heavy (non-hydrogen) atoms. The van der Waals surface area contributed by atoms with Crippen molar-refractivity contribution in [3.05, 3.63) is 69.8 Å². The average molecular weight is 312 g/mol. The SMILES string of the molecule is COc1ccc([N+](=O)[O-])cc1NC(=O)C=Cc1ccc(C)cc1. The maximum Gasteiger partial charge on any atom is 0.271 e. The van der Waals surface area contributed by atoms with Gasteiger partial charge in [0.05, 0.1) is 17.7 Å². The number of nitrogens with zero attached hydrogens (tertiary/aromatic N) is 1. The van der Waals surface area contributed by atoms with Gasteiger partial charge in [0.15, 0.2) is 0 Å². The first-order valence-corrected chi connectivity index (χ1v) is 6.88. The lowest BCUT2D eigenvalue weighted by atomic mass is 10.1. The topological polar surface area (TPSA) is 81.5 Å². The van der Waals surface area contributed by atoms with Crippen LogP contribution in [-0.2, 0) is 4.79 Å². The summed E-state index contributed by atoms with van der Waals surface area (Å²) in [5.74, 6) is -0.0444. The molecule has 0 aliphatic heterocycles. The number of hydrogen-bond donors (Lipinski definition) is 1. The van der Waals surface area contributed by atoms with Crippen LogP contribution >= 0.6 is 0 Å². The van der Waals surface area contributed by atoms with E-state index >= 15 is 0 Å².